The van der Waals surface area contributed by atoms with Gasteiger partial charge in [0.1, 0.15) is 5.82 Å². The first kappa shape index (κ1) is 17.6. The third-order valence-electron chi connectivity index (χ3n) is 4.61. The second-order valence-electron chi connectivity index (χ2n) is 6.22. The van der Waals surface area contributed by atoms with Crippen LogP contribution in [-0.2, 0) is 11.3 Å². The number of benzene rings is 1. The van der Waals surface area contributed by atoms with E-state index in [1.807, 2.05) is 6.07 Å². The van der Waals surface area contributed by atoms with Gasteiger partial charge in [0.25, 0.3) is 0 Å². The highest BCUT2D eigenvalue weighted by atomic mass is 79.9. The fraction of sp³-hybridized carbons (Fsp3) is 0.588. The van der Waals surface area contributed by atoms with Crippen molar-refractivity contribution in [3.8, 4) is 0 Å². The Kier molecular flexibility index (Phi) is 6.08. The molecule has 2 heterocycles. The van der Waals surface area contributed by atoms with Crippen LogP contribution in [0.4, 0.5) is 4.39 Å². The van der Waals surface area contributed by atoms with E-state index in [1.165, 1.54) is 6.07 Å². The summed E-state index contributed by atoms with van der Waals surface area (Å²) in [6.07, 6.45) is 1.15. The molecule has 2 saturated heterocycles. The zero-order chi connectivity index (χ0) is 16.9. The summed E-state index contributed by atoms with van der Waals surface area (Å²) in [4.78, 5) is 9.19. The summed E-state index contributed by atoms with van der Waals surface area (Å²) in [5.41, 5.74) is 0.895. The van der Waals surface area contributed by atoms with E-state index in [4.69, 9.17) is 4.74 Å². The number of nitrogens with one attached hydrogen (secondary N) is 1. The molecule has 0 bridgehead atoms. The van der Waals surface area contributed by atoms with Crippen LogP contribution in [0.5, 0.6) is 0 Å². The average molecular weight is 399 g/mol. The minimum atomic E-state index is -0.232. The van der Waals surface area contributed by atoms with Crippen molar-refractivity contribution in [3.63, 3.8) is 0 Å². The summed E-state index contributed by atoms with van der Waals surface area (Å²) < 4.78 is 19.7. The number of morpholine rings is 1. The van der Waals surface area contributed by atoms with Crippen molar-refractivity contribution in [3.05, 3.63) is 34.1 Å². The van der Waals surface area contributed by atoms with Crippen molar-refractivity contribution >= 4 is 21.9 Å². The van der Waals surface area contributed by atoms with Gasteiger partial charge in [-0.25, -0.2) is 4.39 Å². The Hall–Kier alpha value is -1.18. The number of rotatable bonds is 3. The summed E-state index contributed by atoms with van der Waals surface area (Å²) >= 11 is 3.33. The van der Waals surface area contributed by atoms with E-state index in [2.05, 4.69) is 36.0 Å². The molecule has 24 heavy (non-hydrogen) atoms. The number of hydrogen-bond donors (Lipinski definition) is 1. The smallest absolute Gasteiger partial charge is 0.193 e. The van der Waals surface area contributed by atoms with Gasteiger partial charge in [-0.2, -0.15) is 0 Å². The van der Waals surface area contributed by atoms with Crippen molar-refractivity contribution in [2.24, 2.45) is 4.99 Å². The monoisotopic (exact) mass is 398 g/mol. The second-order valence-corrected chi connectivity index (χ2v) is 7.13. The van der Waals surface area contributed by atoms with Crippen molar-refractivity contribution in [1.29, 1.82) is 0 Å². The van der Waals surface area contributed by atoms with Crippen molar-refractivity contribution < 1.29 is 9.13 Å². The molecule has 2 aliphatic heterocycles. The Morgan fingerprint density at radius 2 is 2.12 bits per heavy atom. The normalized spacial score (nSPS) is 22.9. The molecule has 1 unspecified atom stereocenters. The highest BCUT2D eigenvalue weighted by Gasteiger charge is 2.30. The van der Waals surface area contributed by atoms with Gasteiger partial charge in [0.05, 0.1) is 13.2 Å². The van der Waals surface area contributed by atoms with Crippen LogP contribution in [0.1, 0.15) is 12.0 Å². The van der Waals surface area contributed by atoms with Gasteiger partial charge in [-0.3, -0.25) is 9.89 Å². The van der Waals surface area contributed by atoms with E-state index < -0.39 is 0 Å². The fourth-order valence-corrected chi connectivity index (χ4v) is 3.91. The molecule has 1 atom stereocenters. The average Bonchev–Trinajstić information content (AvgIpc) is 3.05. The minimum absolute atomic E-state index is 0.232. The fourth-order valence-electron chi connectivity index (χ4n) is 3.40. The molecular formula is C17H24BrFN4O. The van der Waals surface area contributed by atoms with E-state index >= 15 is 0 Å². The van der Waals surface area contributed by atoms with Crippen LogP contribution in [0.25, 0.3) is 0 Å². The maximum Gasteiger partial charge on any atom is 0.193 e. The summed E-state index contributed by atoms with van der Waals surface area (Å²) in [7, 11) is 1.80. The number of likely N-dealkylation sites (tertiary alicyclic amines) is 1. The molecule has 0 radical (unpaired) electrons. The summed E-state index contributed by atoms with van der Waals surface area (Å²) in [6.45, 7) is 6.22. The number of aliphatic imine (C=N–C) groups is 1. The van der Waals surface area contributed by atoms with E-state index in [1.54, 1.807) is 13.1 Å². The number of nitrogens with zero attached hydrogens (tertiary/aromatic N) is 3. The Morgan fingerprint density at radius 1 is 1.33 bits per heavy atom. The molecule has 1 N–H and O–H groups in total. The van der Waals surface area contributed by atoms with Crippen LogP contribution in [0.2, 0.25) is 0 Å². The quantitative estimate of drug-likeness (QED) is 0.624. The van der Waals surface area contributed by atoms with Crippen molar-refractivity contribution in [2.75, 3.05) is 46.4 Å². The molecule has 7 heteroatoms. The Bertz CT molecular complexity index is 572. The molecule has 0 aromatic heterocycles. The van der Waals surface area contributed by atoms with E-state index in [9.17, 15) is 4.39 Å². The molecular weight excluding hydrogens is 375 g/mol. The first-order valence-electron chi connectivity index (χ1n) is 8.38. The molecule has 0 spiro atoms. The maximum absolute atomic E-state index is 13.5. The third kappa shape index (κ3) is 4.46. The predicted molar refractivity (Wildman–Crippen MR) is 96.7 cm³/mol. The van der Waals surface area contributed by atoms with Crippen LogP contribution >= 0.6 is 15.9 Å². The van der Waals surface area contributed by atoms with Gasteiger partial charge in [0.15, 0.2) is 5.96 Å². The van der Waals surface area contributed by atoms with Gasteiger partial charge in [-0.15, -0.1) is 0 Å². The number of ether oxygens (including phenoxy) is 1. The van der Waals surface area contributed by atoms with E-state index in [-0.39, 0.29) is 5.82 Å². The molecule has 1 aromatic rings. The summed E-state index contributed by atoms with van der Waals surface area (Å²) in [6, 6.07) is 5.50. The van der Waals surface area contributed by atoms with Crippen LogP contribution < -0.4 is 5.32 Å². The third-order valence-corrected chi connectivity index (χ3v) is 5.07. The van der Waals surface area contributed by atoms with Crippen LogP contribution in [0.3, 0.4) is 0 Å². The van der Waals surface area contributed by atoms with Gasteiger partial charge < -0.3 is 15.0 Å². The lowest BCUT2D eigenvalue weighted by atomic mass is 10.2. The molecule has 1 aromatic carbocycles. The highest BCUT2D eigenvalue weighted by Crippen LogP contribution is 2.18. The zero-order valence-corrected chi connectivity index (χ0v) is 15.6. The number of hydrogen-bond acceptors (Lipinski definition) is 3. The van der Waals surface area contributed by atoms with Crippen LogP contribution in [-0.4, -0.2) is 68.2 Å². The van der Waals surface area contributed by atoms with Gasteiger partial charge in [0.2, 0.25) is 0 Å². The lowest BCUT2D eigenvalue weighted by Gasteiger charge is -2.32. The molecule has 0 saturated carbocycles. The lowest BCUT2D eigenvalue weighted by Crippen LogP contribution is -2.46. The zero-order valence-electron chi connectivity index (χ0n) is 14.0. The molecule has 2 fully saturated rings. The van der Waals surface area contributed by atoms with Crippen molar-refractivity contribution in [2.45, 2.75) is 19.0 Å². The number of guanidine groups is 1. The van der Waals surface area contributed by atoms with E-state index in [0.717, 1.165) is 61.8 Å². The lowest BCUT2D eigenvalue weighted by molar-refractivity contribution is 0.0195. The van der Waals surface area contributed by atoms with Gasteiger partial charge in [-0.05, 0) is 30.2 Å². The van der Waals surface area contributed by atoms with Crippen LogP contribution in [0, 0.1) is 5.82 Å². The minimum Gasteiger partial charge on any atom is -0.379 e. The molecule has 0 amide bonds. The number of halogens is 2. The first-order chi connectivity index (χ1) is 11.7. The molecule has 5 nitrogen and oxygen atoms in total. The molecule has 3 rings (SSSR count). The van der Waals surface area contributed by atoms with E-state index in [0.29, 0.717) is 12.6 Å². The molecule has 132 valence electrons. The topological polar surface area (TPSA) is 40.1 Å². The maximum atomic E-state index is 13.5. The summed E-state index contributed by atoms with van der Waals surface area (Å²) in [5.74, 6) is 0.649. The van der Waals surface area contributed by atoms with Gasteiger partial charge in [-0.1, -0.05) is 15.9 Å². The van der Waals surface area contributed by atoms with Crippen molar-refractivity contribution in [1.82, 2.24) is 15.1 Å². The molecule has 2 aliphatic rings. The van der Waals surface area contributed by atoms with Crippen LogP contribution in [0.15, 0.2) is 27.7 Å². The predicted octanol–water partition coefficient (Wildman–Crippen LogP) is 2.07. The van der Waals surface area contributed by atoms with Gasteiger partial charge >= 0.3 is 0 Å². The standard InChI is InChI=1S/C17H24BrFN4O/c1-20-17(21-11-13-8-14(18)10-15(19)9-13)23-3-2-16(12-23)22-4-6-24-7-5-22/h8-10,16H,2-7,11-12H2,1H3,(H,20,21). The first-order valence-corrected chi connectivity index (χ1v) is 9.17. The SMILES string of the molecule is CN=C(NCc1cc(F)cc(Br)c1)N1CCC(N2CCOCC2)C1. The van der Waals surface area contributed by atoms with Gasteiger partial charge in [0, 0.05) is 50.3 Å². The second kappa shape index (κ2) is 8.27. The Labute approximate surface area is 151 Å². The Balaban J connectivity index is 1.55. The summed E-state index contributed by atoms with van der Waals surface area (Å²) in [5, 5.41) is 3.35. The Morgan fingerprint density at radius 3 is 2.83 bits per heavy atom. The highest BCUT2D eigenvalue weighted by molar-refractivity contribution is 9.10. The molecule has 0 aliphatic carbocycles. The largest absolute Gasteiger partial charge is 0.379 e.